The number of nitrogens with one attached hydrogen (secondary N) is 1. The number of methoxy groups -OCH3 is 1. The van der Waals surface area contributed by atoms with Crippen LogP contribution in [0.4, 0.5) is 10.2 Å². The molecule has 1 aliphatic carbocycles. The van der Waals surface area contributed by atoms with Gasteiger partial charge in [-0.2, -0.15) is 0 Å². The summed E-state index contributed by atoms with van der Waals surface area (Å²) in [7, 11) is 1.47. The van der Waals surface area contributed by atoms with Gasteiger partial charge in [0.05, 0.1) is 19.5 Å². The van der Waals surface area contributed by atoms with Gasteiger partial charge in [-0.1, -0.05) is 30.3 Å². The molecule has 1 N–H and O–H groups in total. The fraction of sp³-hybridized carbons (Fsp3) is 0.261. The Morgan fingerprint density at radius 1 is 1.27 bits per heavy atom. The number of carbonyl (C=O) groups is 1. The highest BCUT2D eigenvalue weighted by atomic mass is 19.1. The van der Waals surface area contributed by atoms with Gasteiger partial charge in [-0.3, -0.25) is 9.59 Å². The Labute approximate surface area is 173 Å². The average molecular weight is 407 g/mol. The third-order valence-electron chi connectivity index (χ3n) is 5.70. The SMILES string of the molecule is COc1cn(CCC2(c3ccccc3)CC2C(=O)Nc2ccc(F)cn2)ccc1=O. The number of benzene rings is 1. The number of amides is 1. The number of ether oxygens (including phenoxy) is 1. The normalized spacial score (nSPS) is 19.9. The van der Waals surface area contributed by atoms with E-state index < -0.39 is 5.82 Å². The first-order valence-electron chi connectivity index (χ1n) is 9.74. The van der Waals surface area contributed by atoms with Crippen molar-refractivity contribution in [3.05, 3.63) is 88.7 Å². The fourth-order valence-corrected chi connectivity index (χ4v) is 3.95. The highest BCUT2D eigenvalue weighted by Gasteiger charge is 2.58. The number of aromatic nitrogens is 2. The molecule has 2 heterocycles. The molecule has 1 saturated carbocycles. The van der Waals surface area contributed by atoms with Gasteiger partial charge >= 0.3 is 0 Å². The van der Waals surface area contributed by atoms with Crippen LogP contribution in [0.3, 0.4) is 0 Å². The second kappa shape index (κ2) is 8.10. The third-order valence-corrected chi connectivity index (χ3v) is 5.70. The van der Waals surface area contributed by atoms with Crippen molar-refractivity contribution in [2.24, 2.45) is 5.92 Å². The van der Waals surface area contributed by atoms with Crippen molar-refractivity contribution in [2.45, 2.75) is 24.8 Å². The summed E-state index contributed by atoms with van der Waals surface area (Å²) in [6, 6.07) is 14.2. The van der Waals surface area contributed by atoms with Gasteiger partial charge in [0.15, 0.2) is 5.75 Å². The molecule has 7 heteroatoms. The van der Waals surface area contributed by atoms with Crippen LogP contribution in [0, 0.1) is 11.7 Å². The molecule has 0 spiro atoms. The van der Waals surface area contributed by atoms with Gasteiger partial charge < -0.3 is 14.6 Å². The maximum Gasteiger partial charge on any atom is 0.229 e. The van der Waals surface area contributed by atoms with Crippen molar-refractivity contribution in [3.63, 3.8) is 0 Å². The molecule has 0 aliphatic heterocycles. The summed E-state index contributed by atoms with van der Waals surface area (Å²) in [5, 5.41) is 2.79. The van der Waals surface area contributed by atoms with Crippen molar-refractivity contribution >= 4 is 11.7 Å². The number of hydrogen-bond acceptors (Lipinski definition) is 4. The van der Waals surface area contributed by atoms with Crippen molar-refractivity contribution in [2.75, 3.05) is 12.4 Å². The molecule has 2 aromatic heterocycles. The van der Waals surface area contributed by atoms with E-state index in [9.17, 15) is 14.0 Å². The maximum absolute atomic E-state index is 13.1. The standard InChI is InChI=1S/C23H22FN3O3/c1-30-20-15-27(11-9-19(20)28)12-10-23(16-5-3-2-4-6-16)13-18(23)22(29)26-21-8-7-17(24)14-25-21/h2-9,11,14-15,18H,10,12-13H2,1H3,(H,25,26,29). The number of rotatable bonds is 7. The lowest BCUT2D eigenvalue weighted by atomic mass is 9.89. The van der Waals surface area contributed by atoms with Gasteiger partial charge in [-0.05, 0) is 30.5 Å². The topological polar surface area (TPSA) is 73.2 Å². The van der Waals surface area contributed by atoms with Crippen molar-refractivity contribution < 1.29 is 13.9 Å². The van der Waals surface area contributed by atoms with Crippen LogP contribution in [0.25, 0.3) is 0 Å². The van der Waals surface area contributed by atoms with E-state index >= 15 is 0 Å². The summed E-state index contributed by atoms with van der Waals surface area (Å²) < 4.78 is 20.1. The summed E-state index contributed by atoms with van der Waals surface area (Å²) in [6.45, 7) is 0.629. The van der Waals surface area contributed by atoms with Gasteiger partial charge in [0.1, 0.15) is 11.6 Å². The number of aryl methyl sites for hydroxylation is 1. The highest BCUT2D eigenvalue weighted by molar-refractivity contribution is 5.95. The second-order valence-electron chi connectivity index (χ2n) is 7.50. The van der Waals surface area contributed by atoms with Gasteiger partial charge in [0, 0.05) is 30.1 Å². The van der Waals surface area contributed by atoms with Crippen LogP contribution < -0.4 is 15.5 Å². The monoisotopic (exact) mass is 407 g/mol. The number of hydrogen-bond donors (Lipinski definition) is 1. The molecular weight excluding hydrogens is 385 g/mol. The summed E-state index contributed by atoms with van der Waals surface area (Å²) >= 11 is 0. The Hall–Kier alpha value is -3.48. The lowest BCUT2D eigenvalue weighted by Gasteiger charge is -2.19. The maximum atomic E-state index is 13.1. The molecule has 4 rings (SSSR count). The molecule has 6 nitrogen and oxygen atoms in total. The fourth-order valence-electron chi connectivity index (χ4n) is 3.95. The number of nitrogens with zero attached hydrogens (tertiary/aromatic N) is 2. The average Bonchev–Trinajstić information content (AvgIpc) is 3.51. The van der Waals surface area contributed by atoms with Gasteiger partial charge in [0.2, 0.25) is 11.3 Å². The molecule has 0 bridgehead atoms. The molecule has 1 fully saturated rings. The van der Waals surface area contributed by atoms with Crippen LogP contribution in [0.2, 0.25) is 0 Å². The molecule has 2 atom stereocenters. The lowest BCUT2D eigenvalue weighted by Crippen LogP contribution is -2.23. The van der Waals surface area contributed by atoms with E-state index in [1.807, 2.05) is 34.9 Å². The Morgan fingerprint density at radius 2 is 2.07 bits per heavy atom. The van der Waals surface area contributed by atoms with E-state index in [1.54, 1.807) is 12.4 Å². The van der Waals surface area contributed by atoms with Crippen molar-refractivity contribution in [1.29, 1.82) is 0 Å². The summed E-state index contributed by atoms with van der Waals surface area (Å²) in [4.78, 5) is 28.6. The number of halogens is 1. The first-order chi connectivity index (χ1) is 14.5. The second-order valence-corrected chi connectivity index (χ2v) is 7.50. The predicted octanol–water partition coefficient (Wildman–Crippen LogP) is 3.38. The van der Waals surface area contributed by atoms with Gasteiger partial charge in [-0.15, -0.1) is 0 Å². The number of anilines is 1. The Kier molecular flexibility index (Phi) is 5.35. The van der Waals surface area contributed by atoms with E-state index in [0.717, 1.165) is 18.2 Å². The van der Waals surface area contributed by atoms with Crippen molar-refractivity contribution in [1.82, 2.24) is 9.55 Å². The van der Waals surface area contributed by atoms with Crippen molar-refractivity contribution in [3.8, 4) is 5.75 Å². The molecular formula is C23H22FN3O3. The summed E-state index contributed by atoms with van der Waals surface area (Å²) in [6.07, 6.45) is 5.92. The van der Waals surface area contributed by atoms with Crippen LogP contribution in [0.15, 0.2) is 71.9 Å². The van der Waals surface area contributed by atoms with E-state index in [1.165, 1.54) is 25.3 Å². The molecule has 1 amide bonds. The summed E-state index contributed by atoms with van der Waals surface area (Å²) in [5.41, 5.74) is 0.633. The zero-order chi connectivity index (χ0) is 21.1. The molecule has 1 aromatic carbocycles. The number of carbonyl (C=O) groups excluding carboxylic acids is 1. The molecule has 30 heavy (non-hydrogen) atoms. The van der Waals surface area contributed by atoms with Crippen LogP contribution in [-0.2, 0) is 16.8 Å². The highest BCUT2D eigenvalue weighted by Crippen LogP contribution is 2.57. The van der Waals surface area contributed by atoms with E-state index in [2.05, 4.69) is 10.3 Å². The quantitative estimate of drug-likeness (QED) is 0.652. The van der Waals surface area contributed by atoms with E-state index in [0.29, 0.717) is 24.5 Å². The molecule has 2 unspecified atom stereocenters. The minimum Gasteiger partial charge on any atom is -0.491 e. The number of pyridine rings is 2. The minimum atomic E-state index is -0.449. The molecule has 0 radical (unpaired) electrons. The van der Waals surface area contributed by atoms with Crippen LogP contribution >= 0.6 is 0 Å². The third kappa shape index (κ3) is 3.96. The van der Waals surface area contributed by atoms with Crippen LogP contribution in [-0.4, -0.2) is 22.6 Å². The Morgan fingerprint density at radius 3 is 2.77 bits per heavy atom. The van der Waals surface area contributed by atoms with Crippen LogP contribution in [0.5, 0.6) is 5.75 Å². The smallest absolute Gasteiger partial charge is 0.229 e. The first-order valence-corrected chi connectivity index (χ1v) is 9.74. The molecule has 1 aliphatic rings. The molecule has 3 aromatic rings. The predicted molar refractivity (Wildman–Crippen MR) is 111 cm³/mol. The Bertz CT molecular complexity index is 1100. The lowest BCUT2D eigenvalue weighted by molar-refractivity contribution is -0.117. The first kappa shape index (κ1) is 19.8. The van der Waals surface area contributed by atoms with Gasteiger partial charge in [0.25, 0.3) is 0 Å². The van der Waals surface area contributed by atoms with Gasteiger partial charge in [-0.25, -0.2) is 9.37 Å². The zero-order valence-corrected chi connectivity index (χ0v) is 16.5. The Balaban J connectivity index is 1.53. The van der Waals surface area contributed by atoms with E-state index in [4.69, 9.17) is 4.74 Å². The molecule has 0 saturated heterocycles. The van der Waals surface area contributed by atoms with Crippen LogP contribution in [0.1, 0.15) is 18.4 Å². The summed E-state index contributed by atoms with van der Waals surface area (Å²) in [5.74, 6) is -0.169. The minimum absolute atomic E-state index is 0.129. The largest absolute Gasteiger partial charge is 0.491 e. The molecule has 154 valence electrons. The van der Waals surface area contributed by atoms with E-state index in [-0.39, 0.29) is 22.7 Å². The zero-order valence-electron chi connectivity index (χ0n) is 16.5.